The monoisotopic (exact) mass is 297 g/mol. The van der Waals surface area contributed by atoms with Crippen molar-refractivity contribution >= 4 is 5.95 Å². The predicted molar refractivity (Wildman–Crippen MR) is 76.7 cm³/mol. The molecule has 1 N–H and O–H groups in total. The average Bonchev–Trinajstić information content (AvgIpc) is 2.79. The second-order valence-corrected chi connectivity index (χ2v) is 4.90. The number of aromatic nitrogens is 2. The molecule has 0 spiro atoms. The minimum Gasteiger partial charge on any atom is -0.355 e. The molecule has 0 aliphatic rings. The van der Waals surface area contributed by atoms with Gasteiger partial charge in [-0.1, -0.05) is 13.3 Å². The Hall–Kier alpha value is -1.98. The maximum absolute atomic E-state index is 12.6. The van der Waals surface area contributed by atoms with Gasteiger partial charge in [-0.25, -0.2) is 4.98 Å². The van der Waals surface area contributed by atoms with E-state index in [1.807, 2.05) is 6.92 Å². The molecule has 0 atom stereocenters. The molecule has 1 aromatic heterocycles. The Labute approximate surface area is 121 Å². The van der Waals surface area contributed by atoms with Gasteiger partial charge in [-0.3, -0.25) is 4.57 Å². The van der Waals surface area contributed by atoms with Crippen molar-refractivity contribution < 1.29 is 13.2 Å². The highest BCUT2D eigenvalue weighted by atomic mass is 19.4. The minimum absolute atomic E-state index is 0.649. The van der Waals surface area contributed by atoms with E-state index >= 15 is 0 Å². The summed E-state index contributed by atoms with van der Waals surface area (Å²) in [5.41, 5.74) is 0.820. The number of benzene rings is 1. The van der Waals surface area contributed by atoms with E-state index < -0.39 is 11.7 Å². The van der Waals surface area contributed by atoms with Crippen LogP contribution < -0.4 is 5.32 Å². The van der Waals surface area contributed by atoms with E-state index in [9.17, 15) is 13.2 Å². The van der Waals surface area contributed by atoms with Crippen molar-refractivity contribution in [1.29, 1.82) is 0 Å². The topological polar surface area (TPSA) is 29.9 Å². The zero-order valence-corrected chi connectivity index (χ0v) is 12.0. The van der Waals surface area contributed by atoms with Crippen molar-refractivity contribution in [1.82, 2.24) is 9.55 Å². The molecule has 0 fully saturated rings. The number of halogens is 3. The van der Waals surface area contributed by atoms with Crippen molar-refractivity contribution in [2.45, 2.75) is 32.9 Å². The number of imidazole rings is 1. The third kappa shape index (κ3) is 3.77. The van der Waals surface area contributed by atoms with Crippen LogP contribution in [0.15, 0.2) is 30.5 Å². The highest BCUT2D eigenvalue weighted by Crippen LogP contribution is 2.30. The number of unbranched alkanes of at least 4 members (excludes halogenated alkanes) is 1. The molecule has 3 nitrogen and oxygen atoms in total. The summed E-state index contributed by atoms with van der Waals surface area (Å²) in [6.07, 6.45) is -0.436. The summed E-state index contributed by atoms with van der Waals surface area (Å²) in [6.45, 7) is 4.73. The third-order valence-corrected chi connectivity index (χ3v) is 3.11. The summed E-state index contributed by atoms with van der Waals surface area (Å²) >= 11 is 0. The second kappa shape index (κ2) is 6.20. The Kier molecular flexibility index (Phi) is 4.55. The molecule has 6 heteroatoms. The van der Waals surface area contributed by atoms with Crippen molar-refractivity contribution in [3.8, 4) is 5.69 Å². The van der Waals surface area contributed by atoms with E-state index in [-0.39, 0.29) is 0 Å². The molecule has 0 aliphatic heterocycles. The molecular formula is C15H18F3N3. The predicted octanol–water partition coefficient (Wildman–Crippen LogP) is 4.41. The molecule has 0 unspecified atom stereocenters. The highest BCUT2D eigenvalue weighted by molar-refractivity contribution is 5.44. The number of rotatable bonds is 5. The van der Waals surface area contributed by atoms with E-state index in [0.29, 0.717) is 11.6 Å². The molecule has 0 bridgehead atoms. The third-order valence-electron chi connectivity index (χ3n) is 3.11. The Morgan fingerprint density at radius 1 is 1.19 bits per heavy atom. The highest BCUT2D eigenvalue weighted by Gasteiger charge is 2.30. The van der Waals surface area contributed by atoms with Gasteiger partial charge in [0, 0.05) is 18.4 Å². The Morgan fingerprint density at radius 2 is 1.86 bits per heavy atom. The lowest BCUT2D eigenvalue weighted by Crippen LogP contribution is -2.08. The molecule has 21 heavy (non-hydrogen) atoms. The molecule has 0 saturated carbocycles. The van der Waals surface area contributed by atoms with Crippen LogP contribution in [-0.4, -0.2) is 16.1 Å². The Morgan fingerprint density at radius 3 is 2.43 bits per heavy atom. The zero-order valence-electron chi connectivity index (χ0n) is 12.0. The first kappa shape index (κ1) is 15.4. The Bertz CT molecular complexity index is 585. The molecule has 1 heterocycles. The largest absolute Gasteiger partial charge is 0.416 e. The fourth-order valence-electron chi connectivity index (χ4n) is 2.01. The van der Waals surface area contributed by atoms with Crippen LogP contribution in [-0.2, 0) is 6.18 Å². The summed E-state index contributed by atoms with van der Waals surface area (Å²) in [5, 5.41) is 3.21. The Balaban J connectivity index is 2.25. The zero-order chi connectivity index (χ0) is 15.5. The van der Waals surface area contributed by atoms with Crippen LogP contribution in [0, 0.1) is 6.92 Å². The first-order valence-corrected chi connectivity index (χ1v) is 6.89. The number of anilines is 1. The van der Waals surface area contributed by atoms with Gasteiger partial charge in [0.15, 0.2) is 0 Å². The van der Waals surface area contributed by atoms with Gasteiger partial charge >= 0.3 is 6.18 Å². The number of alkyl halides is 3. The maximum Gasteiger partial charge on any atom is 0.416 e. The van der Waals surface area contributed by atoms with Crippen LogP contribution in [0.2, 0.25) is 0 Å². The smallest absolute Gasteiger partial charge is 0.355 e. The van der Waals surface area contributed by atoms with Crippen molar-refractivity contribution in [3.05, 3.63) is 41.7 Å². The molecule has 0 radical (unpaired) electrons. The van der Waals surface area contributed by atoms with Crippen LogP contribution in [0.25, 0.3) is 5.69 Å². The number of nitrogens with one attached hydrogen (secondary N) is 1. The van der Waals surface area contributed by atoms with Gasteiger partial charge in [0.05, 0.1) is 11.3 Å². The van der Waals surface area contributed by atoms with E-state index in [4.69, 9.17) is 0 Å². The van der Waals surface area contributed by atoms with Crippen molar-refractivity contribution in [2.24, 2.45) is 0 Å². The van der Waals surface area contributed by atoms with Crippen LogP contribution >= 0.6 is 0 Å². The molecule has 2 aromatic rings. The van der Waals surface area contributed by atoms with E-state index in [2.05, 4.69) is 17.2 Å². The molecule has 1 aromatic carbocycles. The summed E-state index contributed by atoms with van der Waals surface area (Å²) < 4.78 is 39.5. The second-order valence-electron chi connectivity index (χ2n) is 4.90. The van der Waals surface area contributed by atoms with Gasteiger partial charge in [0.1, 0.15) is 0 Å². The number of hydrogen-bond donors (Lipinski definition) is 1. The van der Waals surface area contributed by atoms with Crippen molar-refractivity contribution in [3.63, 3.8) is 0 Å². The molecule has 2 rings (SSSR count). The lowest BCUT2D eigenvalue weighted by atomic mass is 10.2. The van der Waals surface area contributed by atoms with Gasteiger partial charge in [-0.15, -0.1) is 0 Å². The van der Waals surface area contributed by atoms with Gasteiger partial charge in [0.25, 0.3) is 0 Å². The number of aryl methyl sites for hydroxylation is 1. The molecule has 114 valence electrons. The standard InChI is InChI=1S/C15H18F3N3/c1-3-4-9-19-14-20-11(2)10-21(14)13-7-5-12(6-8-13)15(16,17)18/h5-8,10H,3-4,9H2,1-2H3,(H,19,20). The molecule has 0 aliphatic carbocycles. The molecular weight excluding hydrogens is 279 g/mol. The van der Waals surface area contributed by atoms with Crippen LogP contribution in [0.3, 0.4) is 0 Å². The summed E-state index contributed by atoms with van der Waals surface area (Å²) in [4.78, 5) is 4.36. The molecule has 0 amide bonds. The maximum atomic E-state index is 12.6. The normalized spacial score (nSPS) is 11.7. The first-order chi connectivity index (χ1) is 9.91. The number of nitrogens with zero attached hydrogens (tertiary/aromatic N) is 2. The lowest BCUT2D eigenvalue weighted by Gasteiger charge is -2.11. The van der Waals surface area contributed by atoms with Gasteiger partial charge in [-0.05, 0) is 37.6 Å². The fourth-order valence-corrected chi connectivity index (χ4v) is 2.01. The fraction of sp³-hybridized carbons (Fsp3) is 0.400. The lowest BCUT2D eigenvalue weighted by molar-refractivity contribution is -0.137. The van der Waals surface area contributed by atoms with Crippen molar-refractivity contribution in [2.75, 3.05) is 11.9 Å². The van der Waals surface area contributed by atoms with E-state index in [0.717, 1.165) is 37.2 Å². The minimum atomic E-state index is -4.31. The summed E-state index contributed by atoms with van der Waals surface area (Å²) in [6, 6.07) is 5.07. The average molecular weight is 297 g/mol. The summed E-state index contributed by atoms with van der Waals surface area (Å²) in [7, 11) is 0. The van der Waals surface area contributed by atoms with E-state index in [1.165, 1.54) is 12.1 Å². The quantitative estimate of drug-likeness (QED) is 0.828. The number of hydrogen-bond acceptors (Lipinski definition) is 2. The van der Waals surface area contributed by atoms with Crippen LogP contribution in [0.4, 0.5) is 19.1 Å². The first-order valence-electron chi connectivity index (χ1n) is 6.89. The summed E-state index contributed by atoms with van der Waals surface area (Å²) in [5.74, 6) is 0.653. The SMILES string of the molecule is CCCCNc1nc(C)cn1-c1ccc(C(F)(F)F)cc1. The van der Waals surface area contributed by atoms with Gasteiger partial charge in [-0.2, -0.15) is 13.2 Å². The van der Waals surface area contributed by atoms with Crippen LogP contribution in [0.1, 0.15) is 31.0 Å². The van der Waals surface area contributed by atoms with Crippen LogP contribution in [0.5, 0.6) is 0 Å². The van der Waals surface area contributed by atoms with Gasteiger partial charge in [0.2, 0.25) is 5.95 Å². The van der Waals surface area contributed by atoms with Gasteiger partial charge < -0.3 is 5.32 Å². The van der Waals surface area contributed by atoms with E-state index in [1.54, 1.807) is 10.8 Å². The molecule has 0 saturated heterocycles.